The molecule has 0 saturated heterocycles. The molecular weight excluding hydrogens is 264 g/mol. The van der Waals surface area contributed by atoms with Gasteiger partial charge in [-0.1, -0.05) is 30.3 Å². The number of ether oxygens (including phenoxy) is 1. The molecule has 98 valence electrons. The van der Waals surface area contributed by atoms with E-state index in [2.05, 4.69) is 4.98 Å². The molecule has 1 aromatic carbocycles. The fourth-order valence-electron chi connectivity index (χ4n) is 1.49. The first-order chi connectivity index (χ1) is 9.08. The van der Waals surface area contributed by atoms with Crippen molar-refractivity contribution in [2.45, 2.75) is 6.92 Å². The van der Waals surface area contributed by atoms with Gasteiger partial charge in [0, 0.05) is 5.56 Å². The Labute approximate surface area is 114 Å². The topological polar surface area (TPSA) is 82.3 Å². The highest BCUT2D eigenvalue weighted by molar-refractivity contribution is 7.17. The van der Waals surface area contributed by atoms with Crippen LogP contribution in [-0.2, 0) is 9.53 Å². The van der Waals surface area contributed by atoms with Crippen LogP contribution in [0.5, 0.6) is 0 Å². The summed E-state index contributed by atoms with van der Waals surface area (Å²) in [5.41, 5.74) is 6.44. The molecule has 0 fully saturated rings. The van der Waals surface area contributed by atoms with E-state index in [0.29, 0.717) is 10.6 Å². The van der Waals surface area contributed by atoms with Crippen molar-refractivity contribution in [3.8, 4) is 10.6 Å². The quantitative estimate of drug-likeness (QED) is 0.863. The second-order valence-corrected chi connectivity index (χ2v) is 4.84. The Morgan fingerprint density at radius 3 is 2.63 bits per heavy atom. The van der Waals surface area contributed by atoms with E-state index < -0.39 is 18.5 Å². The Kier molecular flexibility index (Phi) is 3.91. The van der Waals surface area contributed by atoms with Crippen LogP contribution in [0.25, 0.3) is 10.6 Å². The molecule has 0 saturated carbocycles. The molecule has 2 aromatic rings. The van der Waals surface area contributed by atoms with Crippen molar-refractivity contribution in [3.05, 3.63) is 40.9 Å². The first-order valence-corrected chi connectivity index (χ1v) is 6.38. The number of esters is 1. The minimum Gasteiger partial charge on any atom is -0.451 e. The Balaban J connectivity index is 2.22. The summed E-state index contributed by atoms with van der Waals surface area (Å²) < 4.78 is 4.78. The second-order valence-electron chi connectivity index (χ2n) is 3.84. The van der Waals surface area contributed by atoms with Crippen LogP contribution < -0.4 is 5.73 Å². The largest absolute Gasteiger partial charge is 0.451 e. The molecule has 2 N–H and O–H groups in total. The number of nitrogens with zero attached hydrogens (tertiary/aromatic N) is 1. The van der Waals surface area contributed by atoms with Crippen LogP contribution in [0.1, 0.15) is 15.4 Å². The third-order valence-corrected chi connectivity index (χ3v) is 3.53. The number of nitrogens with two attached hydrogens (primary N) is 1. The fraction of sp³-hybridized carbons (Fsp3) is 0.154. The SMILES string of the molecule is Cc1nc(-c2ccccc2)sc1C(=O)OCC(N)=O. The van der Waals surface area contributed by atoms with Crippen molar-refractivity contribution in [2.75, 3.05) is 6.61 Å². The summed E-state index contributed by atoms with van der Waals surface area (Å²) >= 11 is 1.23. The van der Waals surface area contributed by atoms with E-state index in [0.717, 1.165) is 10.6 Å². The van der Waals surface area contributed by atoms with E-state index in [9.17, 15) is 9.59 Å². The van der Waals surface area contributed by atoms with Crippen molar-refractivity contribution >= 4 is 23.2 Å². The molecular formula is C13H12N2O3S. The standard InChI is InChI=1S/C13H12N2O3S/c1-8-11(13(17)18-7-10(14)16)19-12(15-8)9-5-3-2-4-6-9/h2-6H,7H2,1H3,(H2,14,16). The smallest absolute Gasteiger partial charge is 0.350 e. The van der Waals surface area contributed by atoms with Gasteiger partial charge < -0.3 is 10.5 Å². The van der Waals surface area contributed by atoms with Crippen LogP contribution in [0, 0.1) is 6.92 Å². The molecule has 0 aliphatic heterocycles. The molecule has 6 heteroatoms. The van der Waals surface area contributed by atoms with Crippen LogP contribution in [0.15, 0.2) is 30.3 Å². The Morgan fingerprint density at radius 2 is 2.00 bits per heavy atom. The van der Waals surface area contributed by atoms with E-state index in [1.165, 1.54) is 11.3 Å². The van der Waals surface area contributed by atoms with E-state index in [-0.39, 0.29) is 0 Å². The van der Waals surface area contributed by atoms with E-state index in [4.69, 9.17) is 10.5 Å². The van der Waals surface area contributed by atoms with Gasteiger partial charge in [0.15, 0.2) is 6.61 Å². The van der Waals surface area contributed by atoms with Crippen LogP contribution in [0.2, 0.25) is 0 Å². The number of carbonyl (C=O) groups is 2. The van der Waals surface area contributed by atoms with Crippen molar-refractivity contribution < 1.29 is 14.3 Å². The monoisotopic (exact) mass is 276 g/mol. The normalized spacial score (nSPS) is 10.2. The Bertz CT molecular complexity index is 608. The highest BCUT2D eigenvalue weighted by Gasteiger charge is 2.17. The number of hydrogen-bond acceptors (Lipinski definition) is 5. The molecule has 0 radical (unpaired) electrons. The van der Waals surface area contributed by atoms with E-state index in [1.54, 1.807) is 6.92 Å². The molecule has 5 nitrogen and oxygen atoms in total. The second kappa shape index (κ2) is 5.62. The van der Waals surface area contributed by atoms with Crippen LogP contribution in [0.4, 0.5) is 0 Å². The average Bonchev–Trinajstić information content (AvgIpc) is 2.79. The predicted molar refractivity (Wildman–Crippen MR) is 71.8 cm³/mol. The van der Waals surface area contributed by atoms with Gasteiger partial charge in [-0.15, -0.1) is 11.3 Å². The van der Waals surface area contributed by atoms with Gasteiger partial charge in [0.1, 0.15) is 9.88 Å². The minimum atomic E-state index is -0.682. The lowest BCUT2D eigenvalue weighted by Crippen LogP contribution is -2.20. The molecule has 19 heavy (non-hydrogen) atoms. The number of benzene rings is 1. The van der Waals surface area contributed by atoms with Gasteiger partial charge in [-0.05, 0) is 6.92 Å². The van der Waals surface area contributed by atoms with E-state index >= 15 is 0 Å². The number of hydrogen-bond donors (Lipinski definition) is 1. The van der Waals surface area contributed by atoms with Crippen molar-refractivity contribution in [3.63, 3.8) is 0 Å². The summed E-state index contributed by atoms with van der Waals surface area (Å²) in [4.78, 5) is 27.1. The Hall–Kier alpha value is -2.21. The van der Waals surface area contributed by atoms with Crippen molar-refractivity contribution in [1.82, 2.24) is 4.98 Å². The lowest BCUT2D eigenvalue weighted by atomic mass is 10.2. The predicted octanol–water partition coefficient (Wildman–Crippen LogP) is 1.76. The zero-order valence-corrected chi connectivity index (χ0v) is 11.1. The lowest BCUT2D eigenvalue weighted by molar-refractivity contribution is -0.121. The number of thiazole rings is 1. The first-order valence-electron chi connectivity index (χ1n) is 5.56. The average molecular weight is 276 g/mol. The van der Waals surface area contributed by atoms with Crippen molar-refractivity contribution in [2.24, 2.45) is 5.73 Å². The molecule has 1 heterocycles. The summed E-state index contributed by atoms with van der Waals surface area (Å²) in [6.45, 7) is 1.31. The molecule has 1 aromatic heterocycles. The maximum absolute atomic E-state index is 11.8. The third kappa shape index (κ3) is 3.17. The number of rotatable bonds is 4. The van der Waals surface area contributed by atoms with Crippen LogP contribution in [-0.4, -0.2) is 23.5 Å². The van der Waals surface area contributed by atoms with Crippen molar-refractivity contribution in [1.29, 1.82) is 0 Å². The van der Waals surface area contributed by atoms with Gasteiger partial charge >= 0.3 is 5.97 Å². The molecule has 1 amide bonds. The lowest BCUT2D eigenvalue weighted by Gasteiger charge is -1.99. The Morgan fingerprint density at radius 1 is 1.32 bits per heavy atom. The molecule has 0 aliphatic rings. The van der Waals surface area contributed by atoms with Gasteiger partial charge in [-0.2, -0.15) is 0 Å². The number of carbonyl (C=O) groups excluding carboxylic acids is 2. The van der Waals surface area contributed by atoms with Crippen LogP contribution in [0.3, 0.4) is 0 Å². The molecule has 0 unspecified atom stereocenters. The fourth-order valence-corrected chi connectivity index (χ4v) is 2.46. The first kappa shape index (κ1) is 13.2. The molecule has 0 bridgehead atoms. The van der Waals surface area contributed by atoms with Gasteiger partial charge in [0.2, 0.25) is 0 Å². The van der Waals surface area contributed by atoms with E-state index in [1.807, 2.05) is 30.3 Å². The summed E-state index contributed by atoms with van der Waals surface area (Å²) in [5.74, 6) is -1.25. The zero-order valence-electron chi connectivity index (χ0n) is 10.3. The van der Waals surface area contributed by atoms with Gasteiger partial charge in [0.05, 0.1) is 5.69 Å². The number of aryl methyl sites for hydroxylation is 1. The third-order valence-electron chi connectivity index (χ3n) is 2.35. The van der Waals surface area contributed by atoms with Crippen LogP contribution >= 0.6 is 11.3 Å². The zero-order chi connectivity index (χ0) is 13.8. The number of primary amides is 1. The number of amides is 1. The summed E-state index contributed by atoms with van der Waals surface area (Å²) in [6.07, 6.45) is 0. The summed E-state index contributed by atoms with van der Waals surface area (Å²) in [5, 5.41) is 0.740. The molecule has 0 aliphatic carbocycles. The maximum Gasteiger partial charge on any atom is 0.350 e. The molecule has 2 rings (SSSR count). The molecule has 0 atom stereocenters. The number of aromatic nitrogens is 1. The summed E-state index contributed by atoms with van der Waals surface area (Å²) in [7, 11) is 0. The summed E-state index contributed by atoms with van der Waals surface area (Å²) in [6, 6.07) is 9.54. The van der Waals surface area contributed by atoms with Gasteiger partial charge in [-0.25, -0.2) is 9.78 Å². The highest BCUT2D eigenvalue weighted by atomic mass is 32.1. The minimum absolute atomic E-state index is 0.389. The maximum atomic E-state index is 11.8. The molecule has 0 spiro atoms. The van der Waals surface area contributed by atoms with Gasteiger partial charge in [-0.3, -0.25) is 4.79 Å². The highest BCUT2D eigenvalue weighted by Crippen LogP contribution is 2.28. The van der Waals surface area contributed by atoms with Gasteiger partial charge in [0.25, 0.3) is 5.91 Å².